The van der Waals surface area contributed by atoms with Crippen LogP contribution < -0.4 is 4.74 Å². The van der Waals surface area contributed by atoms with Crippen LogP contribution in [0.25, 0.3) is 10.9 Å². The van der Waals surface area contributed by atoms with Gasteiger partial charge in [0.15, 0.2) is 0 Å². The van der Waals surface area contributed by atoms with Gasteiger partial charge in [-0.05, 0) is 24.6 Å². The molecule has 0 radical (unpaired) electrons. The van der Waals surface area contributed by atoms with Crippen molar-refractivity contribution < 1.29 is 9.53 Å². The van der Waals surface area contributed by atoms with Crippen LogP contribution in [0.2, 0.25) is 0 Å². The molecule has 0 saturated carbocycles. The predicted octanol–water partition coefficient (Wildman–Crippen LogP) is 2.45. The largest absolute Gasteiger partial charge is 0.497 e. The van der Waals surface area contributed by atoms with Gasteiger partial charge in [-0.1, -0.05) is 0 Å². The van der Waals surface area contributed by atoms with Gasteiger partial charge in [-0.2, -0.15) is 4.99 Å². The van der Waals surface area contributed by atoms with Crippen molar-refractivity contribution in [2.45, 2.75) is 6.92 Å². The summed E-state index contributed by atoms with van der Waals surface area (Å²) in [4.78, 5) is 16.9. The van der Waals surface area contributed by atoms with E-state index in [-0.39, 0.29) is 0 Å². The third-order valence-electron chi connectivity index (χ3n) is 2.34. The van der Waals surface area contributed by atoms with Crippen LogP contribution in [0.3, 0.4) is 0 Å². The van der Waals surface area contributed by atoms with Crippen LogP contribution in [0.1, 0.15) is 5.56 Å². The Bertz CT molecular complexity index is 551. The number of aromatic amines is 1. The van der Waals surface area contributed by atoms with Crippen molar-refractivity contribution in [3.8, 4) is 5.75 Å². The molecule has 4 heteroatoms. The summed E-state index contributed by atoms with van der Waals surface area (Å²) < 4.78 is 5.15. The van der Waals surface area contributed by atoms with Crippen molar-refractivity contribution in [3.63, 3.8) is 0 Å². The molecule has 4 nitrogen and oxygen atoms in total. The minimum Gasteiger partial charge on any atom is -0.497 e. The molecule has 0 aliphatic carbocycles. The molecule has 0 aliphatic rings. The second-order valence-corrected chi connectivity index (χ2v) is 3.24. The highest BCUT2D eigenvalue weighted by Crippen LogP contribution is 2.31. The number of aromatic nitrogens is 1. The molecule has 1 aromatic carbocycles. The molecule has 15 heavy (non-hydrogen) atoms. The number of carbonyl (C=O) groups excluding carboxylic acids is 1. The number of isocyanates is 1. The molecule has 0 amide bonds. The summed E-state index contributed by atoms with van der Waals surface area (Å²) in [6.45, 7) is 1.97. The van der Waals surface area contributed by atoms with Crippen molar-refractivity contribution in [3.05, 3.63) is 23.9 Å². The first-order valence-electron chi connectivity index (χ1n) is 4.50. The Labute approximate surface area is 86.6 Å². The van der Waals surface area contributed by atoms with Gasteiger partial charge in [0.05, 0.1) is 12.6 Å². The molecular formula is C11H10N2O2. The van der Waals surface area contributed by atoms with Gasteiger partial charge in [-0.15, -0.1) is 0 Å². The van der Waals surface area contributed by atoms with Crippen molar-refractivity contribution in [2.75, 3.05) is 7.11 Å². The summed E-state index contributed by atoms with van der Waals surface area (Å²) in [6.07, 6.45) is 3.22. The van der Waals surface area contributed by atoms with Crippen molar-refractivity contribution in [1.82, 2.24) is 4.98 Å². The van der Waals surface area contributed by atoms with E-state index in [9.17, 15) is 4.79 Å². The van der Waals surface area contributed by atoms with Crippen LogP contribution in [0.15, 0.2) is 23.3 Å². The van der Waals surface area contributed by atoms with Gasteiger partial charge >= 0.3 is 0 Å². The summed E-state index contributed by atoms with van der Waals surface area (Å²) in [5.74, 6) is 0.752. The molecule has 2 rings (SSSR count). The van der Waals surface area contributed by atoms with Gasteiger partial charge in [0.1, 0.15) is 11.4 Å². The summed E-state index contributed by atoms with van der Waals surface area (Å²) >= 11 is 0. The molecule has 2 aromatic rings. The fraction of sp³-hybridized carbons (Fsp3) is 0.182. The minimum atomic E-state index is 0.585. The van der Waals surface area contributed by atoms with Gasteiger partial charge in [-0.3, -0.25) is 0 Å². The molecular weight excluding hydrogens is 192 g/mol. The highest BCUT2D eigenvalue weighted by Gasteiger charge is 2.07. The Balaban J connectivity index is 2.77. The standard InChI is InChI=1S/C11H10N2O2/c1-7-3-8(15-2)4-9-10(13-6-14)5-12-11(7)9/h3-5,12H,1-2H3. The number of aliphatic imine (C=N–C) groups is 1. The number of methoxy groups -OCH3 is 1. The zero-order valence-corrected chi connectivity index (χ0v) is 8.50. The van der Waals surface area contributed by atoms with Crippen LogP contribution in [0, 0.1) is 6.92 Å². The van der Waals surface area contributed by atoms with Crippen LogP contribution in [0.5, 0.6) is 5.75 Å². The number of fused-ring (bicyclic) bond motifs is 1. The molecule has 1 N–H and O–H groups in total. The fourth-order valence-electron chi connectivity index (χ4n) is 1.63. The SMILES string of the molecule is COc1cc(C)c2[nH]cc(N=C=O)c2c1. The molecule has 0 atom stereocenters. The monoisotopic (exact) mass is 202 g/mol. The Morgan fingerprint density at radius 1 is 1.47 bits per heavy atom. The zero-order chi connectivity index (χ0) is 10.8. The first kappa shape index (κ1) is 9.49. The number of aryl methyl sites for hydroxylation is 1. The third kappa shape index (κ3) is 1.51. The van der Waals surface area contributed by atoms with Gasteiger partial charge in [0, 0.05) is 11.6 Å². The molecule has 0 unspecified atom stereocenters. The molecule has 0 fully saturated rings. The summed E-state index contributed by atoms with van der Waals surface area (Å²) in [6, 6.07) is 3.77. The van der Waals surface area contributed by atoms with Gasteiger partial charge in [0.2, 0.25) is 6.08 Å². The van der Waals surface area contributed by atoms with Gasteiger partial charge in [0.25, 0.3) is 0 Å². The summed E-state index contributed by atoms with van der Waals surface area (Å²) in [5, 5.41) is 0.871. The zero-order valence-electron chi connectivity index (χ0n) is 8.50. The average Bonchev–Trinajstić information content (AvgIpc) is 2.63. The topological polar surface area (TPSA) is 54.4 Å². The average molecular weight is 202 g/mol. The Hall–Kier alpha value is -2.06. The molecule has 0 aliphatic heterocycles. The quantitative estimate of drug-likeness (QED) is 0.600. The number of hydrogen-bond donors (Lipinski definition) is 1. The Morgan fingerprint density at radius 3 is 2.93 bits per heavy atom. The van der Waals surface area contributed by atoms with E-state index in [2.05, 4.69) is 9.98 Å². The lowest BCUT2D eigenvalue weighted by atomic mass is 10.1. The number of nitrogens with one attached hydrogen (secondary N) is 1. The number of nitrogens with zero attached hydrogens (tertiary/aromatic N) is 1. The third-order valence-corrected chi connectivity index (χ3v) is 2.34. The first-order chi connectivity index (χ1) is 7.26. The van der Waals surface area contributed by atoms with Crippen LogP contribution >= 0.6 is 0 Å². The summed E-state index contributed by atoms with van der Waals surface area (Å²) in [7, 11) is 1.61. The highest BCUT2D eigenvalue weighted by atomic mass is 16.5. The van der Waals surface area contributed by atoms with E-state index in [0.29, 0.717) is 5.69 Å². The van der Waals surface area contributed by atoms with E-state index in [4.69, 9.17) is 4.74 Å². The van der Waals surface area contributed by atoms with E-state index in [1.807, 2.05) is 19.1 Å². The maximum atomic E-state index is 10.2. The van der Waals surface area contributed by atoms with E-state index in [0.717, 1.165) is 22.2 Å². The van der Waals surface area contributed by atoms with Gasteiger partial charge in [-0.25, -0.2) is 4.79 Å². The number of ether oxygens (including phenoxy) is 1. The number of rotatable bonds is 2. The molecule has 0 bridgehead atoms. The number of benzene rings is 1. The molecule has 0 saturated heterocycles. The molecule has 1 aromatic heterocycles. The van der Waals surface area contributed by atoms with Gasteiger partial charge < -0.3 is 9.72 Å². The van der Waals surface area contributed by atoms with E-state index < -0.39 is 0 Å². The van der Waals surface area contributed by atoms with Crippen LogP contribution in [-0.4, -0.2) is 18.2 Å². The second kappa shape index (κ2) is 3.59. The van der Waals surface area contributed by atoms with Crippen molar-refractivity contribution in [1.29, 1.82) is 0 Å². The Morgan fingerprint density at radius 2 is 2.27 bits per heavy atom. The van der Waals surface area contributed by atoms with Crippen molar-refractivity contribution in [2.24, 2.45) is 4.99 Å². The number of hydrogen-bond acceptors (Lipinski definition) is 3. The summed E-state index contributed by atoms with van der Waals surface area (Å²) in [5.41, 5.74) is 2.60. The maximum absolute atomic E-state index is 10.2. The highest BCUT2D eigenvalue weighted by molar-refractivity contribution is 5.94. The first-order valence-corrected chi connectivity index (χ1v) is 4.50. The smallest absolute Gasteiger partial charge is 0.240 e. The van der Waals surface area contributed by atoms with E-state index in [1.165, 1.54) is 6.08 Å². The van der Waals surface area contributed by atoms with E-state index >= 15 is 0 Å². The van der Waals surface area contributed by atoms with Crippen LogP contribution in [0.4, 0.5) is 5.69 Å². The maximum Gasteiger partial charge on any atom is 0.240 e. The molecule has 0 spiro atoms. The number of H-pyrrole nitrogens is 1. The van der Waals surface area contributed by atoms with E-state index in [1.54, 1.807) is 13.3 Å². The lowest BCUT2D eigenvalue weighted by Gasteiger charge is -2.02. The lowest BCUT2D eigenvalue weighted by molar-refractivity contribution is 0.415. The predicted molar refractivity (Wildman–Crippen MR) is 57.4 cm³/mol. The van der Waals surface area contributed by atoms with Crippen LogP contribution in [-0.2, 0) is 4.79 Å². The minimum absolute atomic E-state index is 0.585. The van der Waals surface area contributed by atoms with Crippen molar-refractivity contribution >= 4 is 22.7 Å². The molecule has 76 valence electrons. The fourth-order valence-corrected chi connectivity index (χ4v) is 1.63. The molecule has 1 heterocycles. The lowest BCUT2D eigenvalue weighted by Crippen LogP contribution is -1.84. The Kier molecular flexibility index (Phi) is 2.27. The second-order valence-electron chi connectivity index (χ2n) is 3.24. The normalized spacial score (nSPS) is 10.0.